The zero-order chi connectivity index (χ0) is 21.3. The summed E-state index contributed by atoms with van der Waals surface area (Å²) in [5, 5.41) is 6.83. The number of piperidine rings is 1. The van der Waals surface area contributed by atoms with E-state index in [1.54, 1.807) is 7.11 Å². The molecule has 3 heterocycles. The van der Waals surface area contributed by atoms with Gasteiger partial charge in [-0.3, -0.25) is 9.78 Å². The molecular weight excluding hydrogens is 396 g/mol. The number of carbonyl (C=O) groups is 1. The van der Waals surface area contributed by atoms with Crippen molar-refractivity contribution in [3.05, 3.63) is 41.5 Å². The number of thiazole rings is 1. The Labute approximate surface area is 181 Å². The normalized spacial score (nSPS) is 15.4. The Morgan fingerprint density at radius 3 is 2.67 bits per heavy atom. The van der Waals surface area contributed by atoms with E-state index >= 15 is 0 Å². The van der Waals surface area contributed by atoms with Gasteiger partial charge in [0.1, 0.15) is 5.75 Å². The molecule has 1 fully saturated rings. The topological polar surface area (TPSA) is 67.3 Å². The molecule has 1 saturated heterocycles. The van der Waals surface area contributed by atoms with Gasteiger partial charge >= 0.3 is 0 Å². The molecule has 0 spiro atoms. The molecule has 2 aromatic heterocycles. The fraction of sp³-hybridized carbons (Fsp3) is 0.435. The average molecular weight is 425 g/mol. The first-order valence-electron chi connectivity index (χ1n) is 10.3. The minimum atomic E-state index is -0.0131. The van der Waals surface area contributed by atoms with Crippen molar-refractivity contribution in [1.29, 1.82) is 0 Å². The van der Waals surface area contributed by atoms with Crippen LogP contribution in [0.2, 0.25) is 0 Å². The molecule has 0 radical (unpaired) electrons. The Kier molecular flexibility index (Phi) is 5.64. The predicted octanol–water partition coefficient (Wildman–Crippen LogP) is 4.85. The molecule has 0 unspecified atom stereocenters. The minimum Gasteiger partial charge on any atom is -0.497 e. The Hall–Kier alpha value is -2.67. The SMILES string of the molecule is COc1ccc2nccc(N3CCC(C(=O)Nc4nc(C(C)(C)C)cs4)CC3)c2c1. The van der Waals surface area contributed by atoms with Gasteiger partial charge in [-0.25, -0.2) is 4.98 Å². The van der Waals surface area contributed by atoms with Crippen molar-refractivity contribution in [3.8, 4) is 5.75 Å². The van der Waals surface area contributed by atoms with Crippen LogP contribution in [-0.2, 0) is 10.2 Å². The molecule has 1 N–H and O–H groups in total. The molecule has 6 nitrogen and oxygen atoms in total. The van der Waals surface area contributed by atoms with E-state index in [1.165, 1.54) is 11.3 Å². The number of carbonyl (C=O) groups excluding carboxylic acids is 1. The number of rotatable bonds is 4. The second-order valence-corrected chi connectivity index (χ2v) is 9.61. The van der Waals surface area contributed by atoms with Crippen molar-refractivity contribution in [2.24, 2.45) is 5.92 Å². The number of nitrogens with zero attached hydrogens (tertiary/aromatic N) is 3. The summed E-state index contributed by atoms with van der Waals surface area (Å²) in [6.45, 7) is 8.05. The van der Waals surface area contributed by atoms with E-state index in [0.29, 0.717) is 5.13 Å². The van der Waals surface area contributed by atoms with Crippen LogP contribution in [0.4, 0.5) is 10.8 Å². The average Bonchev–Trinajstić information content (AvgIpc) is 3.22. The largest absolute Gasteiger partial charge is 0.497 e. The number of hydrogen-bond donors (Lipinski definition) is 1. The summed E-state index contributed by atoms with van der Waals surface area (Å²) >= 11 is 1.50. The highest BCUT2D eigenvalue weighted by Gasteiger charge is 2.27. The van der Waals surface area contributed by atoms with Gasteiger partial charge in [-0.15, -0.1) is 11.3 Å². The van der Waals surface area contributed by atoms with E-state index in [0.717, 1.165) is 54.0 Å². The summed E-state index contributed by atoms with van der Waals surface area (Å²) in [6.07, 6.45) is 3.48. The first-order chi connectivity index (χ1) is 14.3. The van der Waals surface area contributed by atoms with Crippen LogP contribution in [0.5, 0.6) is 5.75 Å². The van der Waals surface area contributed by atoms with Crippen LogP contribution < -0.4 is 15.0 Å². The number of nitrogens with one attached hydrogen (secondary N) is 1. The maximum Gasteiger partial charge on any atom is 0.229 e. The van der Waals surface area contributed by atoms with Crippen molar-refractivity contribution >= 4 is 39.0 Å². The standard InChI is InChI=1S/C23H28N4O2S/c1-23(2,3)20-14-30-22(25-20)26-21(28)15-8-11-27(12-9-15)19-7-10-24-18-6-5-16(29-4)13-17(18)19/h5-7,10,13-15H,8-9,11-12H2,1-4H3,(H,25,26,28). The highest BCUT2D eigenvalue weighted by atomic mass is 32.1. The Bertz CT molecular complexity index is 1050. The fourth-order valence-corrected chi connectivity index (χ4v) is 4.72. The van der Waals surface area contributed by atoms with E-state index in [1.807, 2.05) is 35.8 Å². The molecule has 0 atom stereocenters. The summed E-state index contributed by atoms with van der Waals surface area (Å²) in [5.74, 6) is 0.903. The molecule has 7 heteroatoms. The van der Waals surface area contributed by atoms with Crippen LogP contribution in [0.15, 0.2) is 35.8 Å². The zero-order valence-corrected chi connectivity index (χ0v) is 18.8. The summed E-state index contributed by atoms with van der Waals surface area (Å²) in [6, 6.07) is 7.99. The number of aromatic nitrogens is 2. The number of amides is 1. The van der Waals surface area contributed by atoms with Gasteiger partial charge in [-0.05, 0) is 37.1 Å². The van der Waals surface area contributed by atoms with Gasteiger partial charge in [0.2, 0.25) is 5.91 Å². The van der Waals surface area contributed by atoms with Crippen LogP contribution in [-0.4, -0.2) is 36.1 Å². The number of anilines is 2. The van der Waals surface area contributed by atoms with E-state index in [9.17, 15) is 4.79 Å². The number of benzene rings is 1. The number of hydrogen-bond acceptors (Lipinski definition) is 6. The van der Waals surface area contributed by atoms with Crippen LogP contribution in [0.25, 0.3) is 10.9 Å². The summed E-state index contributed by atoms with van der Waals surface area (Å²) in [7, 11) is 1.67. The van der Waals surface area contributed by atoms with Gasteiger partial charge in [0.05, 0.1) is 18.3 Å². The third kappa shape index (κ3) is 4.26. The molecule has 1 aliphatic heterocycles. The molecule has 0 aliphatic carbocycles. The van der Waals surface area contributed by atoms with Gasteiger partial charge in [0.15, 0.2) is 5.13 Å². The highest BCUT2D eigenvalue weighted by molar-refractivity contribution is 7.13. The fourth-order valence-electron chi connectivity index (χ4n) is 3.78. The molecule has 0 bridgehead atoms. The molecular formula is C23H28N4O2S. The first kappa shape index (κ1) is 20.6. The monoisotopic (exact) mass is 424 g/mol. The van der Waals surface area contributed by atoms with Gasteiger partial charge in [0.25, 0.3) is 0 Å². The first-order valence-corrected chi connectivity index (χ1v) is 11.2. The van der Waals surface area contributed by atoms with E-state index < -0.39 is 0 Å². The molecule has 158 valence electrons. The summed E-state index contributed by atoms with van der Waals surface area (Å²) in [4.78, 5) is 24.2. The maximum atomic E-state index is 12.8. The van der Waals surface area contributed by atoms with Gasteiger partial charge in [-0.1, -0.05) is 20.8 Å². The quantitative estimate of drug-likeness (QED) is 0.648. The van der Waals surface area contributed by atoms with Crippen LogP contribution in [0, 0.1) is 5.92 Å². The maximum absolute atomic E-state index is 12.8. The Morgan fingerprint density at radius 1 is 1.23 bits per heavy atom. The number of fused-ring (bicyclic) bond motifs is 1. The summed E-state index contributed by atoms with van der Waals surface area (Å²) < 4.78 is 5.39. The highest BCUT2D eigenvalue weighted by Crippen LogP contribution is 2.32. The van der Waals surface area contributed by atoms with Crippen LogP contribution >= 0.6 is 11.3 Å². The third-order valence-corrected chi connectivity index (χ3v) is 6.39. The molecule has 30 heavy (non-hydrogen) atoms. The lowest BCUT2D eigenvalue weighted by Gasteiger charge is -2.33. The smallest absolute Gasteiger partial charge is 0.229 e. The van der Waals surface area contributed by atoms with Crippen molar-refractivity contribution in [2.75, 3.05) is 30.4 Å². The van der Waals surface area contributed by atoms with Crippen molar-refractivity contribution in [1.82, 2.24) is 9.97 Å². The molecule has 1 aliphatic rings. The summed E-state index contributed by atoms with van der Waals surface area (Å²) in [5.41, 5.74) is 3.09. The van der Waals surface area contributed by atoms with Crippen molar-refractivity contribution < 1.29 is 9.53 Å². The second kappa shape index (κ2) is 8.22. The third-order valence-electron chi connectivity index (χ3n) is 5.63. The van der Waals surface area contributed by atoms with Crippen LogP contribution in [0.1, 0.15) is 39.3 Å². The van der Waals surface area contributed by atoms with Crippen molar-refractivity contribution in [2.45, 2.75) is 39.0 Å². The number of ether oxygens (including phenoxy) is 1. The number of pyridine rings is 1. The van der Waals surface area contributed by atoms with Gasteiger partial charge in [-0.2, -0.15) is 0 Å². The van der Waals surface area contributed by atoms with Crippen molar-refractivity contribution in [3.63, 3.8) is 0 Å². The van der Waals surface area contributed by atoms with E-state index in [2.05, 4.69) is 41.0 Å². The van der Waals surface area contributed by atoms with Gasteiger partial charge in [0, 0.05) is 47.1 Å². The lowest BCUT2D eigenvalue weighted by atomic mass is 9.93. The molecule has 0 saturated carbocycles. The van der Waals surface area contributed by atoms with E-state index in [4.69, 9.17) is 4.74 Å². The van der Waals surface area contributed by atoms with Crippen LogP contribution in [0.3, 0.4) is 0 Å². The molecule has 1 amide bonds. The lowest BCUT2D eigenvalue weighted by molar-refractivity contribution is -0.120. The zero-order valence-electron chi connectivity index (χ0n) is 17.9. The molecule has 4 rings (SSSR count). The predicted molar refractivity (Wildman–Crippen MR) is 123 cm³/mol. The molecule has 3 aromatic rings. The van der Waals surface area contributed by atoms with E-state index in [-0.39, 0.29) is 17.2 Å². The lowest BCUT2D eigenvalue weighted by Crippen LogP contribution is -2.38. The minimum absolute atomic E-state index is 0.00544. The molecule has 1 aromatic carbocycles. The Morgan fingerprint density at radius 2 is 2.00 bits per heavy atom. The second-order valence-electron chi connectivity index (χ2n) is 8.75. The number of methoxy groups -OCH3 is 1. The Balaban J connectivity index is 1.42. The van der Waals surface area contributed by atoms with Gasteiger partial charge < -0.3 is 15.0 Å².